The minimum atomic E-state index is -1.03. The number of carbonyl (C=O) groups is 1. The number of aliphatic imine (C=N–C) groups is 1. The maximum absolute atomic E-state index is 13.1. The smallest absolute Gasteiger partial charge is 0.252 e. The Kier molecular flexibility index (Phi) is 9.26. The summed E-state index contributed by atoms with van der Waals surface area (Å²) in [7, 11) is 0. The van der Waals surface area contributed by atoms with E-state index in [0.717, 1.165) is 95.4 Å². The highest BCUT2D eigenvalue weighted by Gasteiger charge is 2.52. The summed E-state index contributed by atoms with van der Waals surface area (Å²) in [6.45, 7) is 2.82. The summed E-state index contributed by atoms with van der Waals surface area (Å²) >= 11 is 0. The van der Waals surface area contributed by atoms with Gasteiger partial charge in [0.15, 0.2) is 11.5 Å². The molecular formula is C48H51N4O5+. The molecule has 2 aromatic carbocycles. The summed E-state index contributed by atoms with van der Waals surface area (Å²) in [6.07, 6.45) is 19.7. The summed E-state index contributed by atoms with van der Waals surface area (Å²) in [5, 5.41) is 26.3. The minimum absolute atomic E-state index is 0.0350. The molecule has 3 aliphatic carbocycles. The van der Waals surface area contributed by atoms with Gasteiger partial charge in [0.2, 0.25) is 0 Å². The normalized spacial score (nSPS) is 31.3. The Labute approximate surface area is 334 Å². The van der Waals surface area contributed by atoms with Crippen LogP contribution in [-0.2, 0) is 11.2 Å². The molecular weight excluding hydrogens is 713 g/mol. The quantitative estimate of drug-likeness (QED) is 0.196. The second-order valence-corrected chi connectivity index (χ2v) is 17.5. The van der Waals surface area contributed by atoms with Gasteiger partial charge in [0.1, 0.15) is 48.5 Å². The molecule has 10 rings (SSSR count). The van der Waals surface area contributed by atoms with E-state index in [1.165, 1.54) is 11.1 Å². The molecule has 2 bridgehead atoms. The van der Waals surface area contributed by atoms with Gasteiger partial charge in [0.05, 0.1) is 17.1 Å². The molecule has 8 aliphatic rings. The summed E-state index contributed by atoms with van der Waals surface area (Å²) < 4.78 is 13.4. The van der Waals surface area contributed by atoms with E-state index >= 15 is 0 Å². The number of allylic oxidation sites excluding steroid dienone is 3. The fourth-order valence-corrected chi connectivity index (χ4v) is 10.7. The van der Waals surface area contributed by atoms with Crippen LogP contribution in [0.2, 0.25) is 0 Å². The largest absolute Gasteiger partial charge is 0.437 e. The van der Waals surface area contributed by atoms with Gasteiger partial charge >= 0.3 is 0 Å². The number of nitrogens with two attached hydrogens (primary N) is 1. The zero-order valence-electron chi connectivity index (χ0n) is 32.5. The number of ketones is 1. The molecule has 1 unspecified atom stereocenters. The molecule has 9 heteroatoms. The van der Waals surface area contributed by atoms with Crippen molar-refractivity contribution < 1.29 is 29.4 Å². The Morgan fingerprint density at radius 1 is 1.11 bits per heavy atom. The van der Waals surface area contributed by atoms with Gasteiger partial charge in [0.25, 0.3) is 6.23 Å². The van der Waals surface area contributed by atoms with Crippen molar-refractivity contribution in [3.05, 3.63) is 100 Å². The number of aryl methyl sites for hydroxylation is 1. The highest BCUT2D eigenvalue weighted by atomic mass is 16.5. The Morgan fingerprint density at radius 2 is 1.96 bits per heavy atom. The predicted molar refractivity (Wildman–Crippen MR) is 217 cm³/mol. The van der Waals surface area contributed by atoms with Crippen LogP contribution in [0.3, 0.4) is 0 Å². The van der Waals surface area contributed by atoms with Crippen LogP contribution >= 0.6 is 0 Å². The molecule has 1 saturated carbocycles. The lowest BCUT2D eigenvalue weighted by atomic mass is 9.70. The number of nitrogens with zero attached hydrogens (tertiary/aromatic N) is 1. The number of Topliss-reactive ketones (excluding diaryl/α,β-unsaturated/α-hetero) is 1. The van der Waals surface area contributed by atoms with Crippen molar-refractivity contribution in [3.63, 3.8) is 0 Å². The Bertz CT molecular complexity index is 2310. The minimum Gasteiger partial charge on any atom is -0.437 e. The van der Waals surface area contributed by atoms with Crippen LogP contribution in [0, 0.1) is 47.0 Å². The molecule has 2 aromatic rings. The highest BCUT2D eigenvalue weighted by molar-refractivity contribution is 6.08. The van der Waals surface area contributed by atoms with Crippen LogP contribution in [-0.4, -0.2) is 40.6 Å². The van der Waals surface area contributed by atoms with Crippen molar-refractivity contribution in [1.82, 2.24) is 5.32 Å². The average Bonchev–Trinajstić information content (AvgIpc) is 3.96. The second kappa shape index (κ2) is 14.5. The zero-order valence-corrected chi connectivity index (χ0v) is 32.5. The number of hydrogen-bond acceptors (Lipinski definition) is 8. The van der Waals surface area contributed by atoms with E-state index in [2.05, 4.69) is 66.7 Å². The van der Waals surface area contributed by atoms with E-state index in [9.17, 15) is 15.0 Å². The van der Waals surface area contributed by atoms with Gasteiger partial charge in [-0.15, -0.1) is 0 Å². The van der Waals surface area contributed by atoms with Crippen LogP contribution in [0.1, 0.15) is 117 Å². The van der Waals surface area contributed by atoms with E-state index in [0.29, 0.717) is 36.8 Å². The van der Waals surface area contributed by atoms with E-state index in [-0.39, 0.29) is 36.1 Å². The number of quaternary nitrogens is 1. The molecule has 9 atom stereocenters. The van der Waals surface area contributed by atoms with Crippen molar-refractivity contribution >= 4 is 17.1 Å². The lowest BCUT2D eigenvalue weighted by Crippen LogP contribution is -3.13. The molecule has 57 heavy (non-hydrogen) atoms. The molecule has 0 amide bonds. The second-order valence-electron chi connectivity index (χ2n) is 17.5. The van der Waals surface area contributed by atoms with Crippen molar-refractivity contribution in [3.8, 4) is 35.4 Å². The van der Waals surface area contributed by atoms with Crippen molar-refractivity contribution in [2.24, 2.45) is 33.9 Å². The molecule has 9 nitrogen and oxygen atoms in total. The maximum atomic E-state index is 13.1. The lowest BCUT2D eigenvalue weighted by Gasteiger charge is -2.37. The molecule has 5 heterocycles. The SMILES string of the molecule is C[C@H]1C=C[C@H]([C@@H](O)CC(=O)CCc2ccc3c(c2)O[C@H]2[C@@H](C#C[C@H](O)c4ccc5c6c4[C@H](CCC6=CN[C@@H]5N)C4=CN=C5C[NH+]2C=C45)C2(C#CO3)CCCC2)CC1. The van der Waals surface area contributed by atoms with Crippen LogP contribution in [0.25, 0.3) is 5.57 Å². The Hall–Kier alpha value is -4.90. The van der Waals surface area contributed by atoms with E-state index in [1.807, 2.05) is 30.5 Å². The molecule has 292 valence electrons. The fraction of sp³-hybridized carbons (Fsp3) is 0.458. The first kappa shape index (κ1) is 36.4. The third-order valence-corrected chi connectivity index (χ3v) is 13.9. The van der Waals surface area contributed by atoms with Gasteiger partial charge in [0, 0.05) is 37.1 Å². The first-order valence-corrected chi connectivity index (χ1v) is 21.0. The summed E-state index contributed by atoms with van der Waals surface area (Å²) in [5.74, 6) is 11.9. The van der Waals surface area contributed by atoms with Crippen LogP contribution < -0.4 is 25.4 Å². The molecule has 0 aromatic heterocycles. The number of aliphatic hydroxyl groups is 2. The average molecular weight is 764 g/mol. The van der Waals surface area contributed by atoms with Crippen molar-refractivity contribution in [1.29, 1.82) is 0 Å². The predicted octanol–water partition coefficient (Wildman–Crippen LogP) is 5.43. The molecule has 1 spiro atoms. The Morgan fingerprint density at radius 3 is 2.81 bits per heavy atom. The van der Waals surface area contributed by atoms with E-state index in [1.54, 1.807) is 0 Å². The molecule has 6 N–H and O–H groups in total. The number of fused-ring (bicyclic) bond motifs is 6. The summed E-state index contributed by atoms with van der Waals surface area (Å²) in [4.78, 5) is 19.3. The first-order chi connectivity index (χ1) is 27.7. The number of benzene rings is 2. The summed E-state index contributed by atoms with van der Waals surface area (Å²) in [6, 6.07) is 9.91. The first-order valence-electron chi connectivity index (χ1n) is 21.0. The molecule has 1 fully saturated rings. The van der Waals surface area contributed by atoms with Gasteiger partial charge in [-0.05, 0) is 102 Å². The van der Waals surface area contributed by atoms with Crippen molar-refractivity contribution in [2.75, 3.05) is 6.54 Å². The van der Waals surface area contributed by atoms with Gasteiger partial charge in [-0.3, -0.25) is 14.7 Å². The maximum Gasteiger partial charge on any atom is 0.252 e. The van der Waals surface area contributed by atoms with Gasteiger partial charge in [-0.2, -0.15) is 0 Å². The van der Waals surface area contributed by atoms with E-state index < -0.39 is 23.9 Å². The number of carbonyl (C=O) groups excluding carboxylic acids is 1. The summed E-state index contributed by atoms with van der Waals surface area (Å²) in [5.41, 5.74) is 15.7. The van der Waals surface area contributed by atoms with Gasteiger partial charge in [-0.1, -0.05) is 67.9 Å². The zero-order chi connectivity index (χ0) is 38.8. The van der Waals surface area contributed by atoms with Gasteiger partial charge in [-0.25, -0.2) is 0 Å². The van der Waals surface area contributed by atoms with Crippen LogP contribution in [0.5, 0.6) is 11.5 Å². The Balaban J connectivity index is 1.01. The third kappa shape index (κ3) is 6.46. The standard InChI is InChI=1S/C48H50N4O5/c1-28-4-8-30(9-5-28)41(55)23-32(53)11-6-29-7-17-42-43(22-29)57-47-38(48(20-21-56-42)18-2-3-19-48)15-16-40(54)34-13-14-35-44-31(24-51-46(35)49)10-12-33(45(34)44)36-25-50-39-27-52(47)26-37(36)39/h4,7-8,13-14,17,22,24-26,28,30,33,38,40-41,46-47,51,54-55H,2-3,5-6,9-12,18-19,23,27,49H2,1H3/p+1/t28-,30-,33+,38+,40-,41-,46-,47-/m0/s1. The number of nitrogens with one attached hydrogen (secondary N) is 2. The molecule has 0 radical (unpaired) electrons. The third-order valence-electron chi connectivity index (χ3n) is 13.9. The number of aliphatic hydroxyl groups excluding tert-OH is 2. The topological polar surface area (TPSA) is 131 Å². The van der Waals surface area contributed by atoms with E-state index in [4.69, 9.17) is 20.2 Å². The van der Waals surface area contributed by atoms with Gasteiger partial charge < -0.3 is 30.7 Å². The molecule has 0 saturated heterocycles. The van der Waals surface area contributed by atoms with Crippen LogP contribution in [0.15, 0.2) is 77.2 Å². The number of hydrogen-bond donors (Lipinski definition) is 5. The van der Waals surface area contributed by atoms with Crippen LogP contribution in [0.4, 0.5) is 0 Å². The lowest BCUT2D eigenvalue weighted by molar-refractivity contribution is -0.888. The molecule has 5 aliphatic heterocycles. The number of ether oxygens (including phenoxy) is 2. The fourth-order valence-electron chi connectivity index (χ4n) is 10.7. The monoisotopic (exact) mass is 763 g/mol. The van der Waals surface area contributed by atoms with Crippen molar-refractivity contribution in [2.45, 2.75) is 108 Å². The highest BCUT2D eigenvalue weighted by Crippen LogP contribution is 2.51. The number of rotatable bonds is 6.